The van der Waals surface area contributed by atoms with Gasteiger partial charge in [-0.15, -0.1) is 6.42 Å². The minimum absolute atomic E-state index is 0.122. The van der Waals surface area contributed by atoms with Gasteiger partial charge in [-0.3, -0.25) is 4.90 Å². The number of oxime groups is 1. The largest absolute Gasteiger partial charge is 0.390 e. The van der Waals surface area contributed by atoms with Gasteiger partial charge in [0.05, 0.1) is 18.4 Å². The standard InChI is InChI=1S/C23H24ClFN2O3/c1-2-10-29-16-19(28)14-27(13-17-6-5-7-18(25)11-17)15-20-12-23(26-30-20)21-8-3-4-9-22(21)24/h1,3-9,11,19-20,28H,10,12-16H2. The van der Waals surface area contributed by atoms with Crippen LogP contribution in [-0.4, -0.2) is 54.2 Å². The van der Waals surface area contributed by atoms with Gasteiger partial charge < -0.3 is 14.7 Å². The van der Waals surface area contributed by atoms with Gasteiger partial charge in [0.1, 0.15) is 18.5 Å². The predicted octanol–water partition coefficient (Wildman–Crippen LogP) is 3.49. The Balaban J connectivity index is 1.63. The maximum Gasteiger partial charge on any atom is 0.145 e. The van der Waals surface area contributed by atoms with Crippen LogP contribution in [0.1, 0.15) is 17.5 Å². The van der Waals surface area contributed by atoms with Gasteiger partial charge >= 0.3 is 0 Å². The van der Waals surface area contributed by atoms with Gasteiger partial charge in [-0.2, -0.15) is 0 Å². The van der Waals surface area contributed by atoms with Gasteiger partial charge in [-0.05, 0) is 23.8 Å². The summed E-state index contributed by atoms with van der Waals surface area (Å²) in [7, 11) is 0. The van der Waals surface area contributed by atoms with E-state index in [0.29, 0.717) is 31.1 Å². The monoisotopic (exact) mass is 430 g/mol. The molecule has 0 bridgehead atoms. The molecule has 0 saturated carbocycles. The highest BCUT2D eigenvalue weighted by molar-refractivity contribution is 6.34. The highest BCUT2D eigenvalue weighted by atomic mass is 35.5. The third-order valence-corrected chi connectivity index (χ3v) is 4.97. The van der Waals surface area contributed by atoms with E-state index < -0.39 is 6.10 Å². The molecule has 3 rings (SSSR count). The van der Waals surface area contributed by atoms with E-state index in [1.165, 1.54) is 12.1 Å². The number of aliphatic hydroxyl groups excluding tert-OH is 1. The molecule has 0 radical (unpaired) electrons. The van der Waals surface area contributed by atoms with Crippen molar-refractivity contribution in [1.29, 1.82) is 0 Å². The van der Waals surface area contributed by atoms with E-state index in [0.717, 1.165) is 16.8 Å². The van der Waals surface area contributed by atoms with Gasteiger partial charge in [0.2, 0.25) is 0 Å². The molecular weight excluding hydrogens is 407 g/mol. The molecule has 1 aliphatic rings. The molecule has 0 amide bonds. The molecular formula is C23H24ClFN2O3. The van der Waals surface area contributed by atoms with Crippen LogP contribution in [0, 0.1) is 18.2 Å². The van der Waals surface area contributed by atoms with Crippen molar-refractivity contribution in [1.82, 2.24) is 4.90 Å². The van der Waals surface area contributed by atoms with E-state index in [-0.39, 0.29) is 25.1 Å². The Morgan fingerprint density at radius 2 is 2.17 bits per heavy atom. The average molecular weight is 431 g/mol. The Kier molecular flexibility index (Phi) is 8.23. The summed E-state index contributed by atoms with van der Waals surface area (Å²) in [5, 5.41) is 15.1. The fourth-order valence-corrected chi connectivity index (χ4v) is 3.62. The first kappa shape index (κ1) is 22.3. The average Bonchev–Trinajstić information content (AvgIpc) is 3.16. The van der Waals surface area contributed by atoms with Crippen molar-refractivity contribution < 1.29 is 19.1 Å². The van der Waals surface area contributed by atoms with Crippen LogP contribution in [0.4, 0.5) is 4.39 Å². The van der Waals surface area contributed by atoms with Crippen molar-refractivity contribution in [2.24, 2.45) is 5.16 Å². The lowest BCUT2D eigenvalue weighted by atomic mass is 10.0. The summed E-state index contributed by atoms with van der Waals surface area (Å²) in [5.41, 5.74) is 2.44. The Morgan fingerprint density at radius 1 is 1.33 bits per heavy atom. The fraction of sp³-hybridized carbons (Fsp3) is 0.348. The Bertz CT molecular complexity index is 915. The lowest BCUT2D eigenvalue weighted by molar-refractivity contribution is 0.00417. The molecule has 158 valence electrons. The quantitative estimate of drug-likeness (QED) is 0.463. The predicted molar refractivity (Wildman–Crippen MR) is 115 cm³/mol. The van der Waals surface area contributed by atoms with Crippen molar-refractivity contribution >= 4 is 17.3 Å². The van der Waals surface area contributed by atoms with Gasteiger partial charge in [0, 0.05) is 36.6 Å². The first-order valence-electron chi connectivity index (χ1n) is 9.69. The Hall–Kier alpha value is -2.43. The second-order valence-electron chi connectivity index (χ2n) is 7.15. The van der Waals surface area contributed by atoms with E-state index >= 15 is 0 Å². The van der Waals surface area contributed by atoms with Crippen molar-refractivity contribution in [2.75, 3.05) is 26.3 Å². The molecule has 30 heavy (non-hydrogen) atoms. The number of terminal acetylenes is 1. The first-order chi connectivity index (χ1) is 14.5. The van der Waals surface area contributed by atoms with E-state index in [1.807, 2.05) is 35.2 Å². The number of benzene rings is 2. The zero-order chi connectivity index (χ0) is 21.3. The zero-order valence-corrected chi connectivity index (χ0v) is 17.3. The summed E-state index contributed by atoms with van der Waals surface area (Å²) in [5.74, 6) is 2.07. The third kappa shape index (κ3) is 6.54. The number of rotatable bonds is 10. The van der Waals surface area contributed by atoms with Crippen LogP contribution in [-0.2, 0) is 16.1 Å². The molecule has 5 nitrogen and oxygen atoms in total. The van der Waals surface area contributed by atoms with E-state index in [4.69, 9.17) is 27.6 Å². The minimum atomic E-state index is -0.739. The van der Waals surface area contributed by atoms with Crippen molar-refractivity contribution in [3.05, 3.63) is 70.5 Å². The number of hydrogen-bond acceptors (Lipinski definition) is 5. The van der Waals surface area contributed by atoms with E-state index in [1.54, 1.807) is 6.07 Å². The number of hydrogen-bond donors (Lipinski definition) is 1. The number of nitrogens with zero attached hydrogens (tertiary/aromatic N) is 2. The van der Waals surface area contributed by atoms with Crippen LogP contribution in [0.25, 0.3) is 0 Å². The summed E-state index contributed by atoms with van der Waals surface area (Å²) < 4.78 is 18.8. The third-order valence-electron chi connectivity index (χ3n) is 4.64. The van der Waals surface area contributed by atoms with Crippen LogP contribution in [0.2, 0.25) is 5.02 Å². The Morgan fingerprint density at radius 3 is 2.93 bits per heavy atom. The van der Waals surface area contributed by atoms with E-state index in [2.05, 4.69) is 11.1 Å². The summed E-state index contributed by atoms with van der Waals surface area (Å²) >= 11 is 6.27. The molecule has 1 aliphatic heterocycles. The van der Waals surface area contributed by atoms with Crippen molar-refractivity contribution in [3.63, 3.8) is 0 Å². The molecule has 0 saturated heterocycles. The van der Waals surface area contributed by atoms with Gasteiger partial charge in [0.15, 0.2) is 0 Å². The fourth-order valence-electron chi connectivity index (χ4n) is 3.37. The lowest BCUT2D eigenvalue weighted by Gasteiger charge is -2.27. The zero-order valence-electron chi connectivity index (χ0n) is 16.5. The molecule has 2 aromatic carbocycles. The Labute approximate surface area is 181 Å². The van der Waals surface area contributed by atoms with Crippen LogP contribution >= 0.6 is 11.6 Å². The second-order valence-corrected chi connectivity index (χ2v) is 7.55. The van der Waals surface area contributed by atoms with Crippen molar-refractivity contribution in [3.8, 4) is 12.3 Å². The van der Waals surface area contributed by atoms with Crippen LogP contribution in [0.15, 0.2) is 53.7 Å². The molecule has 0 aliphatic carbocycles. The smallest absolute Gasteiger partial charge is 0.145 e. The molecule has 0 aromatic heterocycles. The molecule has 1 heterocycles. The summed E-state index contributed by atoms with van der Waals surface area (Å²) in [6.45, 7) is 1.53. The minimum Gasteiger partial charge on any atom is -0.390 e. The lowest BCUT2D eigenvalue weighted by Crippen LogP contribution is -2.39. The molecule has 0 fully saturated rings. The molecule has 2 aromatic rings. The van der Waals surface area contributed by atoms with Gasteiger partial charge in [0.25, 0.3) is 0 Å². The first-order valence-corrected chi connectivity index (χ1v) is 10.1. The number of halogens is 2. The van der Waals surface area contributed by atoms with Crippen LogP contribution in [0.5, 0.6) is 0 Å². The summed E-state index contributed by atoms with van der Waals surface area (Å²) in [6, 6.07) is 13.9. The van der Waals surface area contributed by atoms with E-state index in [9.17, 15) is 9.50 Å². The second kappa shape index (κ2) is 11.1. The SMILES string of the molecule is C#CCOCC(O)CN(Cc1cccc(F)c1)CC1CC(c2ccccc2Cl)=NO1. The van der Waals surface area contributed by atoms with Crippen LogP contribution in [0.3, 0.4) is 0 Å². The molecule has 2 atom stereocenters. The van der Waals surface area contributed by atoms with Gasteiger partial charge in [-0.1, -0.05) is 53.0 Å². The summed E-state index contributed by atoms with van der Waals surface area (Å²) in [4.78, 5) is 7.62. The highest BCUT2D eigenvalue weighted by Gasteiger charge is 2.26. The normalized spacial score (nSPS) is 16.8. The van der Waals surface area contributed by atoms with Gasteiger partial charge in [-0.25, -0.2) is 4.39 Å². The van der Waals surface area contributed by atoms with Crippen molar-refractivity contribution in [2.45, 2.75) is 25.2 Å². The topological polar surface area (TPSA) is 54.3 Å². The number of aliphatic hydroxyl groups is 1. The molecule has 7 heteroatoms. The maximum absolute atomic E-state index is 13.6. The number of ether oxygens (including phenoxy) is 1. The highest BCUT2D eigenvalue weighted by Crippen LogP contribution is 2.23. The summed E-state index contributed by atoms with van der Waals surface area (Å²) in [6.07, 6.45) is 4.82. The molecule has 1 N–H and O–H groups in total. The molecule has 0 spiro atoms. The van der Waals surface area contributed by atoms with Crippen LogP contribution < -0.4 is 0 Å². The maximum atomic E-state index is 13.6. The molecule has 2 unspecified atom stereocenters.